The van der Waals surface area contributed by atoms with Crippen molar-refractivity contribution < 1.29 is 14.3 Å². The minimum atomic E-state index is -0.546. The zero-order valence-electron chi connectivity index (χ0n) is 12.5. The number of nitrogens with zero attached hydrogens (tertiary/aromatic N) is 1. The number of fused-ring (bicyclic) bond motifs is 1. The van der Waals surface area contributed by atoms with Crippen LogP contribution in [-0.2, 0) is 16.0 Å². The van der Waals surface area contributed by atoms with Gasteiger partial charge in [0.2, 0.25) is 0 Å². The summed E-state index contributed by atoms with van der Waals surface area (Å²) in [6, 6.07) is 5.79. The Labute approximate surface area is 119 Å². The lowest BCUT2D eigenvalue weighted by molar-refractivity contribution is -0.150. The fourth-order valence-corrected chi connectivity index (χ4v) is 2.67. The van der Waals surface area contributed by atoms with Crippen LogP contribution in [0.4, 0.5) is 5.69 Å². The quantitative estimate of drug-likeness (QED) is 0.625. The predicted molar refractivity (Wildman–Crippen MR) is 78.2 cm³/mol. The molecule has 1 aliphatic heterocycles. The number of esters is 1. The van der Waals surface area contributed by atoms with Crippen molar-refractivity contribution in [3.05, 3.63) is 29.3 Å². The van der Waals surface area contributed by atoms with E-state index in [9.17, 15) is 9.59 Å². The second-order valence-electron chi connectivity index (χ2n) is 5.95. The van der Waals surface area contributed by atoms with Crippen LogP contribution in [0.5, 0.6) is 0 Å². The van der Waals surface area contributed by atoms with Crippen LogP contribution >= 0.6 is 0 Å². The van der Waals surface area contributed by atoms with Gasteiger partial charge in [-0.2, -0.15) is 0 Å². The third-order valence-corrected chi connectivity index (χ3v) is 3.80. The Bertz CT molecular complexity index is 549. The molecule has 0 saturated heterocycles. The summed E-state index contributed by atoms with van der Waals surface area (Å²) < 4.78 is 4.85. The van der Waals surface area contributed by atoms with Crippen molar-refractivity contribution in [2.45, 2.75) is 27.2 Å². The van der Waals surface area contributed by atoms with Crippen LogP contribution in [0.3, 0.4) is 0 Å². The van der Waals surface area contributed by atoms with Gasteiger partial charge < -0.3 is 9.64 Å². The molecule has 20 heavy (non-hydrogen) atoms. The average molecular weight is 275 g/mol. The van der Waals surface area contributed by atoms with E-state index in [-0.39, 0.29) is 11.8 Å². The number of ketones is 1. The Hall–Kier alpha value is -1.84. The van der Waals surface area contributed by atoms with E-state index in [1.54, 1.807) is 6.92 Å². The summed E-state index contributed by atoms with van der Waals surface area (Å²) in [5.74, 6) is -0.118. The van der Waals surface area contributed by atoms with E-state index in [1.165, 1.54) is 12.7 Å². The highest BCUT2D eigenvalue weighted by Gasteiger charge is 2.33. The first-order valence-corrected chi connectivity index (χ1v) is 6.82. The second kappa shape index (κ2) is 5.27. The van der Waals surface area contributed by atoms with E-state index in [0.29, 0.717) is 6.54 Å². The molecule has 1 heterocycles. The molecule has 2 rings (SSSR count). The van der Waals surface area contributed by atoms with Gasteiger partial charge in [0, 0.05) is 24.3 Å². The summed E-state index contributed by atoms with van der Waals surface area (Å²) in [5.41, 5.74) is 2.50. The molecule has 0 atom stereocenters. The van der Waals surface area contributed by atoms with Gasteiger partial charge in [-0.1, -0.05) is 0 Å². The number of hydrogen-bond acceptors (Lipinski definition) is 4. The fraction of sp³-hybridized carbons (Fsp3) is 0.500. The lowest BCUT2D eigenvalue weighted by Gasteiger charge is -2.29. The predicted octanol–water partition coefficient (Wildman–Crippen LogP) is 2.45. The second-order valence-corrected chi connectivity index (χ2v) is 5.95. The minimum absolute atomic E-state index is 0.0844. The number of Topliss-reactive ketones (excluding diaryl/α,β-unsaturated/α-hetero) is 1. The zero-order chi connectivity index (χ0) is 14.9. The number of carbonyl (C=O) groups is 2. The Morgan fingerprint density at radius 1 is 1.35 bits per heavy atom. The molecule has 0 amide bonds. The van der Waals surface area contributed by atoms with Gasteiger partial charge in [0.25, 0.3) is 0 Å². The number of hydrogen-bond donors (Lipinski definition) is 0. The van der Waals surface area contributed by atoms with Gasteiger partial charge in [-0.25, -0.2) is 0 Å². The highest BCUT2D eigenvalue weighted by Crippen LogP contribution is 2.32. The molecule has 0 N–H and O–H groups in total. The first kappa shape index (κ1) is 14.6. The largest absolute Gasteiger partial charge is 0.469 e. The smallest absolute Gasteiger partial charge is 0.313 e. The van der Waals surface area contributed by atoms with E-state index in [2.05, 4.69) is 4.90 Å². The highest BCUT2D eigenvalue weighted by molar-refractivity contribution is 5.95. The summed E-state index contributed by atoms with van der Waals surface area (Å²) >= 11 is 0. The van der Waals surface area contributed by atoms with Gasteiger partial charge in [0.1, 0.15) is 0 Å². The molecule has 108 valence electrons. The minimum Gasteiger partial charge on any atom is -0.469 e. The lowest BCUT2D eigenvalue weighted by Crippen LogP contribution is -2.39. The van der Waals surface area contributed by atoms with E-state index >= 15 is 0 Å². The molecule has 0 unspecified atom stereocenters. The molecule has 0 saturated carbocycles. The van der Waals surface area contributed by atoms with Crippen molar-refractivity contribution in [2.24, 2.45) is 5.41 Å². The van der Waals surface area contributed by atoms with Crippen LogP contribution in [-0.4, -0.2) is 32.0 Å². The number of anilines is 1. The number of benzene rings is 1. The van der Waals surface area contributed by atoms with Crippen LogP contribution in [0, 0.1) is 5.41 Å². The van der Waals surface area contributed by atoms with Crippen molar-refractivity contribution in [3.63, 3.8) is 0 Å². The van der Waals surface area contributed by atoms with Gasteiger partial charge in [-0.3, -0.25) is 9.59 Å². The molecule has 0 fully saturated rings. The summed E-state index contributed by atoms with van der Waals surface area (Å²) in [6.07, 6.45) is 0.910. The SMILES string of the molecule is COC(=O)C(C)(C)CN1CCc2cc(C(C)=O)ccc21. The Balaban J connectivity index is 2.20. The van der Waals surface area contributed by atoms with Crippen molar-refractivity contribution >= 4 is 17.4 Å². The van der Waals surface area contributed by atoms with Crippen LogP contribution in [0.2, 0.25) is 0 Å². The van der Waals surface area contributed by atoms with E-state index in [1.807, 2.05) is 32.0 Å². The van der Waals surface area contributed by atoms with Gasteiger partial charge in [-0.05, 0) is 51.0 Å². The number of methoxy groups -OCH3 is 1. The highest BCUT2D eigenvalue weighted by atomic mass is 16.5. The maximum absolute atomic E-state index is 11.8. The van der Waals surface area contributed by atoms with E-state index in [4.69, 9.17) is 4.74 Å². The third-order valence-electron chi connectivity index (χ3n) is 3.80. The summed E-state index contributed by atoms with van der Waals surface area (Å²) in [7, 11) is 1.42. The first-order valence-electron chi connectivity index (χ1n) is 6.82. The van der Waals surface area contributed by atoms with Gasteiger partial charge in [0.05, 0.1) is 12.5 Å². The van der Waals surface area contributed by atoms with Crippen LogP contribution < -0.4 is 4.90 Å². The molecule has 4 nitrogen and oxygen atoms in total. The number of rotatable bonds is 4. The summed E-state index contributed by atoms with van der Waals surface area (Å²) in [5, 5.41) is 0. The average Bonchev–Trinajstić information content (AvgIpc) is 2.79. The van der Waals surface area contributed by atoms with Crippen LogP contribution in [0.25, 0.3) is 0 Å². The van der Waals surface area contributed by atoms with Gasteiger partial charge >= 0.3 is 5.97 Å². The van der Waals surface area contributed by atoms with Crippen LogP contribution in [0.1, 0.15) is 36.7 Å². The van der Waals surface area contributed by atoms with E-state index in [0.717, 1.165) is 24.2 Å². The number of carbonyl (C=O) groups excluding carboxylic acids is 2. The lowest BCUT2D eigenvalue weighted by atomic mass is 9.93. The monoisotopic (exact) mass is 275 g/mol. The van der Waals surface area contributed by atoms with E-state index < -0.39 is 5.41 Å². The Kier molecular flexibility index (Phi) is 3.84. The van der Waals surface area contributed by atoms with Crippen molar-refractivity contribution in [1.29, 1.82) is 0 Å². The molecule has 4 heteroatoms. The standard InChI is InChI=1S/C16H21NO3/c1-11(18)12-5-6-14-13(9-12)7-8-17(14)10-16(2,3)15(19)20-4/h5-6,9H,7-8,10H2,1-4H3. The van der Waals surface area contributed by atoms with Gasteiger partial charge in [0.15, 0.2) is 5.78 Å². The molecule has 0 aromatic heterocycles. The Morgan fingerprint density at radius 3 is 2.65 bits per heavy atom. The third kappa shape index (κ3) is 2.69. The fourth-order valence-electron chi connectivity index (χ4n) is 2.67. The topological polar surface area (TPSA) is 46.6 Å². The molecular weight excluding hydrogens is 254 g/mol. The number of ether oxygens (including phenoxy) is 1. The molecule has 0 aliphatic carbocycles. The molecule has 0 bridgehead atoms. The molecule has 1 aliphatic rings. The molecule has 0 spiro atoms. The maximum atomic E-state index is 11.8. The van der Waals surface area contributed by atoms with Crippen LogP contribution in [0.15, 0.2) is 18.2 Å². The first-order chi connectivity index (χ1) is 9.35. The summed E-state index contributed by atoms with van der Waals surface area (Å²) in [4.78, 5) is 25.4. The van der Waals surface area contributed by atoms with Gasteiger partial charge in [-0.15, -0.1) is 0 Å². The normalized spacial score (nSPS) is 14.1. The maximum Gasteiger partial charge on any atom is 0.313 e. The Morgan fingerprint density at radius 2 is 2.05 bits per heavy atom. The van der Waals surface area contributed by atoms with Crippen molar-refractivity contribution in [3.8, 4) is 0 Å². The molecule has 1 aromatic rings. The molecule has 1 aromatic carbocycles. The zero-order valence-corrected chi connectivity index (χ0v) is 12.5. The molecule has 0 radical (unpaired) electrons. The van der Waals surface area contributed by atoms with Crippen molar-refractivity contribution in [1.82, 2.24) is 0 Å². The molecular formula is C16H21NO3. The van der Waals surface area contributed by atoms with Crippen molar-refractivity contribution in [2.75, 3.05) is 25.1 Å². The summed E-state index contributed by atoms with van der Waals surface area (Å²) in [6.45, 7) is 6.85.